The van der Waals surface area contributed by atoms with Gasteiger partial charge in [-0.2, -0.15) is 0 Å². The first-order chi connectivity index (χ1) is 9.83. The molecule has 2 heterocycles. The summed E-state index contributed by atoms with van der Waals surface area (Å²) in [6.07, 6.45) is 15.0. The Labute approximate surface area is 125 Å². The molecule has 0 aromatic heterocycles. The van der Waals surface area contributed by atoms with Crippen LogP contribution in [0.4, 0.5) is 0 Å². The van der Waals surface area contributed by atoms with Crippen molar-refractivity contribution in [3.63, 3.8) is 0 Å². The van der Waals surface area contributed by atoms with Crippen molar-refractivity contribution in [3.05, 3.63) is 0 Å². The first-order valence-corrected chi connectivity index (χ1v) is 9.52. The highest BCUT2D eigenvalue weighted by Crippen LogP contribution is 2.16. The Morgan fingerprint density at radius 2 is 1.00 bits per heavy atom. The smallest absolute Gasteiger partial charge is 0.0983 e. The van der Waals surface area contributed by atoms with Crippen molar-refractivity contribution in [2.45, 2.75) is 83.2 Å². The van der Waals surface area contributed by atoms with Gasteiger partial charge in [0.25, 0.3) is 0 Å². The van der Waals surface area contributed by atoms with Gasteiger partial charge in [0.1, 0.15) is 0 Å². The van der Waals surface area contributed by atoms with Gasteiger partial charge >= 0.3 is 0 Å². The van der Waals surface area contributed by atoms with Gasteiger partial charge in [-0.3, -0.25) is 0 Å². The van der Waals surface area contributed by atoms with Crippen LogP contribution in [-0.4, -0.2) is 38.3 Å². The summed E-state index contributed by atoms with van der Waals surface area (Å²) in [5.74, 6) is 0.996. The molecule has 116 valence electrons. The fourth-order valence-electron chi connectivity index (χ4n) is 5.03. The van der Waals surface area contributed by atoms with E-state index >= 15 is 0 Å². The minimum absolute atomic E-state index is 0.996. The Morgan fingerprint density at radius 1 is 0.550 bits per heavy atom. The predicted octanol–water partition coefficient (Wildman–Crippen LogP) is 1.07. The summed E-state index contributed by atoms with van der Waals surface area (Å²) < 4.78 is 0. The molecule has 0 radical (unpaired) electrons. The van der Waals surface area contributed by atoms with E-state index in [1.54, 1.807) is 0 Å². The van der Waals surface area contributed by atoms with E-state index in [0.29, 0.717) is 0 Å². The second-order valence-corrected chi connectivity index (χ2v) is 7.96. The normalized spacial score (nSPS) is 41.2. The molecule has 1 aliphatic carbocycles. The lowest BCUT2D eigenvalue weighted by Crippen LogP contribution is -3.22. The molecule has 2 saturated heterocycles. The molecule has 3 rings (SSSR count). The Morgan fingerprint density at radius 3 is 1.55 bits per heavy atom. The topological polar surface area (TPSA) is 8.88 Å². The van der Waals surface area contributed by atoms with Crippen LogP contribution in [0.5, 0.6) is 0 Å². The molecule has 0 aromatic carbocycles. The Kier molecular flexibility index (Phi) is 5.39. The molecule has 0 atom stereocenters. The van der Waals surface area contributed by atoms with Crippen LogP contribution < -0.4 is 9.80 Å². The van der Waals surface area contributed by atoms with Crippen LogP contribution in [0.1, 0.15) is 71.1 Å². The molecule has 0 amide bonds. The van der Waals surface area contributed by atoms with E-state index in [1.165, 1.54) is 90.4 Å². The third kappa shape index (κ3) is 3.76. The van der Waals surface area contributed by atoms with Crippen molar-refractivity contribution in [2.75, 3.05) is 26.2 Å². The maximum absolute atomic E-state index is 2.44. The number of piperidine rings is 2. The van der Waals surface area contributed by atoms with Gasteiger partial charge in [-0.05, 0) is 44.4 Å². The van der Waals surface area contributed by atoms with E-state index in [-0.39, 0.29) is 0 Å². The summed E-state index contributed by atoms with van der Waals surface area (Å²) in [5.41, 5.74) is 0. The molecule has 3 fully saturated rings. The quantitative estimate of drug-likeness (QED) is 0.700. The highest BCUT2D eigenvalue weighted by molar-refractivity contribution is 4.68. The van der Waals surface area contributed by atoms with Crippen molar-refractivity contribution < 1.29 is 9.80 Å². The number of quaternary nitrogens is 2. The lowest BCUT2D eigenvalue weighted by Gasteiger charge is -2.39. The lowest BCUT2D eigenvalue weighted by molar-refractivity contribution is -0.971. The van der Waals surface area contributed by atoms with Gasteiger partial charge < -0.3 is 9.80 Å². The standard InChI is InChI=1S/C18H34N2/c1-16-8-12-19(13-9-16)18-10-14-20(15-11-18)17-6-4-2-3-5-7-17/h16-18H,2-15H2,1H3/p+2. The number of hydrogen-bond donors (Lipinski definition) is 2. The molecule has 0 unspecified atom stereocenters. The number of nitrogens with one attached hydrogen (secondary N) is 2. The zero-order valence-corrected chi connectivity index (χ0v) is 13.6. The fourth-order valence-corrected chi connectivity index (χ4v) is 5.03. The van der Waals surface area contributed by atoms with Gasteiger partial charge in [-0.15, -0.1) is 0 Å². The van der Waals surface area contributed by atoms with Crippen LogP contribution in [-0.2, 0) is 0 Å². The number of rotatable bonds is 2. The molecule has 1 saturated carbocycles. The third-order valence-electron chi connectivity index (χ3n) is 6.55. The second-order valence-electron chi connectivity index (χ2n) is 7.96. The molecule has 2 N–H and O–H groups in total. The minimum atomic E-state index is 0.996. The second kappa shape index (κ2) is 7.26. The molecule has 3 aliphatic rings. The van der Waals surface area contributed by atoms with E-state index in [1.807, 2.05) is 9.80 Å². The fraction of sp³-hybridized carbons (Fsp3) is 1.00. The third-order valence-corrected chi connectivity index (χ3v) is 6.55. The predicted molar refractivity (Wildman–Crippen MR) is 84.3 cm³/mol. The van der Waals surface area contributed by atoms with E-state index in [4.69, 9.17) is 0 Å². The monoisotopic (exact) mass is 280 g/mol. The SMILES string of the molecule is CC1CC[NH+](C2CC[NH+](C3CCCCCC3)CC2)CC1. The maximum Gasteiger partial charge on any atom is 0.0983 e. The van der Waals surface area contributed by atoms with E-state index < -0.39 is 0 Å². The summed E-state index contributed by atoms with van der Waals surface area (Å²) in [6.45, 7) is 8.33. The summed E-state index contributed by atoms with van der Waals surface area (Å²) in [6, 6.07) is 2.03. The summed E-state index contributed by atoms with van der Waals surface area (Å²) in [5, 5.41) is 0. The molecule has 0 spiro atoms. The summed E-state index contributed by atoms with van der Waals surface area (Å²) >= 11 is 0. The highest BCUT2D eigenvalue weighted by atomic mass is 15.2. The highest BCUT2D eigenvalue weighted by Gasteiger charge is 2.34. The van der Waals surface area contributed by atoms with E-state index in [9.17, 15) is 0 Å². The molecule has 20 heavy (non-hydrogen) atoms. The number of likely N-dealkylation sites (tertiary alicyclic amines) is 2. The zero-order valence-electron chi connectivity index (χ0n) is 13.6. The molecular formula is C18H36N2+2. The average Bonchev–Trinajstić information content (AvgIpc) is 2.77. The van der Waals surface area contributed by atoms with Crippen LogP contribution in [0, 0.1) is 5.92 Å². The minimum Gasteiger partial charge on any atom is -0.332 e. The van der Waals surface area contributed by atoms with Gasteiger partial charge in [0.15, 0.2) is 0 Å². The Balaban J connectivity index is 1.44. The molecular weight excluding hydrogens is 244 g/mol. The van der Waals surface area contributed by atoms with Crippen molar-refractivity contribution in [3.8, 4) is 0 Å². The van der Waals surface area contributed by atoms with Crippen molar-refractivity contribution in [2.24, 2.45) is 5.92 Å². The molecule has 2 aliphatic heterocycles. The summed E-state index contributed by atoms with van der Waals surface area (Å²) in [4.78, 5) is 3.94. The largest absolute Gasteiger partial charge is 0.332 e. The zero-order chi connectivity index (χ0) is 13.8. The van der Waals surface area contributed by atoms with Crippen molar-refractivity contribution in [1.82, 2.24) is 0 Å². The van der Waals surface area contributed by atoms with Gasteiger partial charge in [-0.1, -0.05) is 19.8 Å². The molecule has 0 aromatic rings. The van der Waals surface area contributed by atoms with Crippen LogP contribution in [0.2, 0.25) is 0 Å². The van der Waals surface area contributed by atoms with Crippen molar-refractivity contribution in [1.29, 1.82) is 0 Å². The first kappa shape index (κ1) is 14.8. The van der Waals surface area contributed by atoms with Gasteiger partial charge in [-0.25, -0.2) is 0 Å². The van der Waals surface area contributed by atoms with Gasteiger partial charge in [0.2, 0.25) is 0 Å². The summed E-state index contributed by atoms with van der Waals surface area (Å²) in [7, 11) is 0. The molecule has 2 nitrogen and oxygen atoms in total. The van der Waals surface area contributed by atoms with Crippen molar-refractivity contribution >= 4 is 0 Å². The van der Waals surface area contributed by atoms with Crippen LogP contribution in [0.15, 0.2) is 0 Å². The van der Waals surface area contributed by atoms with E-state index in [0.717, 1.165) is 18.0 Å². The van der Waals surface area contributed by atoms with Gasteiger partial charge in [0.05, 0.1) is 38.3 Å². The van der Waals surface area contributed by atoms with Gasteiger partial charge in [0, 0.05) is 12.8 Å². The lowest BCUT2D eigenvalue weighted by atomic mass is 9.94. The number of hydrogen-bond acceptors (Lipinski definition) is 0. The molecule has 2 heteroatoms. The average molecular weight is 280 g/mol. The van der Waals surface area contributed by atoms with E-state index in [2.05, 4.69) is 6.92 Å². The Bertz CT molecular complexity index is 267. The molecule has 0 bridgehead atoms. The first-order valence-electron chi connectivity index (χ1n) is 9.52. The van der Waals surface area contributed by atoms with Crippen LogP contribution in [0.3, 0.4) is 0 Å². The van der Waals surface area contributed by atoms with Crippen LogP contribution >= 0.6 is 0 Å². The maximum atomic E-state index is 2.44. The Hall–Kier alpha value is -0.0800. The van der Waals surface area contributed by atoms with Crippen LogP contribution in [0.25, 0.3) is 0 Å².